The Hall–Kier alpha value is -3.61. The van der Waals surface area contributed by atoms with Crippen molar-refractivity contribution in [3.05, 3.63) is 69.8 Å². The van der Waals surface area contributed by atoms with Gasteiger partial charge in [-0.1, -0.05) is 11.6 Å². The fraction of sp³-hybridized carbons (Fsp3) is 0.100. The van der Waals surface area contributed by atoms with Crippen molar-refractivity contribution >= 4 is 23.2 Å². The number of benzene rings is 2. The van der Waals surface area contributed by atoms with E-state index in [1.165, 1.54) is 18.2 Å². The summed E-state index contributed by atoms with van der Waals surface area (Å²) in [5.74, 6) is -1.28. The molecule has 1 heterocycles. The summed E-state index contributed by atoms with van der Waals surface area (Å²) in [5, 5.41) is 20.9. The molecule has 0 aliphatic carbocycles. The maximum Gasteiger partial charge on any atom is 0.231 e. The Morgan fingerprint density at radius 3 is 2.33 bits per heavy atom. The number of nitriles is 2. The molecule has 6 nitrogen and oxygen atoms in total. The molecule has 3 rings (SSSR count). The van der Waals surface area contributed by atoms with Crippen LogP contribution < -0.4 is 10.1 Å². The fourth-order valence-electron chi connectivity index (χ4n) is 2.04. The standard InChI is InChI=1S/C20H14ClN5O/c1-12-7-15(11-23)8-13(2)19(12)27-18-9-17(21)25-20(26-18)24-16-5-3-14(10-22)4-6-16/h3-9H,1-2H3,(H,24,25,26)/i1D3,2D3,7D,8D. The first-order chi connectivity index (χ1) is 16.3. The molecule has 0 radical (unpaired) electrons. The minimum absolute atomic E-state index is 0.103. The van der Waals surface area contributed by atoms with Gasteiger partial charge in [-0.15, -0.1) is 0 Å². The topological polar surface area (TPSA) is 94.6 Å². The van der Waals surface area contributed by atoms with Gasteiger partial charge in [0.1, 0.15) is 10.9 Å². The Balaban J connectivity index is 2.18. The lowest BCUT2D eigenvalue weighted by Crippen LogP contribution is -2.00. The third-order valence-corrected chi connectivity index (χ3v) is 3.41. The summed E-state index contributed by atoms with van der Waals surface area (Å²) in [6.07, 6.45) is 0. The van der Waals surface area contributed by atoms with Crippen molar-refractivity contribution in [3.8, 4) is 23.8 Å². The molecule has 0 unspecified atom stereocenters. The summed E-state index contributed by atoms with van der Waals surface area (Å²) in [6, 6.07) is 9.11. The second-order valence-corrected chi connectivity index (χ2v) is 5.47. The Bertz CT molecular complexity index is 1330. The van der Waals surface area contributed by atoms with Crippen LogP contribution in [0.5, 0.6) is 11.6 Å². The Labute approximate surface area is 172 Å². The lowest BCUT2D eigenvalue weighted by Gasteiger charge is -2.13. The molecule has 0 amide bonds. The normalized spacial score (nSPS) is 15.2. The van der Waals surface area contributed by atoms with Gasteiger partial charge >= 0.3 is 0 Å². The molecule has 0 aliphatic rings. The van der Waals surface area contributed by atoms with Gasteiger partial charge in [-0.25, -0.2) is 4.98 Å². The smallest absolute Gasteiger partial charge is 0.231 e. The first-order valence-electron chi connectivity index (χ1n) is 11.3. The summed E-state index contributed by atoms with van der Waals surface area (Å²) >= 11 is 6.05. The van der Waals surface area contributed by atoms with E-state index in [0.717, 1.165) is 6.07 Å². The minimum atomic E-state index is -3.06. The van der Waals surface area contributed by atoms with Crippen molar-refractivity contribution in [2.24, 2.45) is 0 Å². The molecule has 0 saturated carbocycles. The summed E-state index contributed by atoms with van der Waals surface area (Å²) in [5.41, 5.74) is -1.53. The zero-order valence-corrected chi connectivity index (χ0v) is 14.2. The van der Waals surface area contributed by atoms with E-state index in [0.29, 0.717) is 11.3 Å². The number of nitrogens with one attached hydrogen (secondary N) is 1. The number of halogens is 1. The first kappa shape index (κ1) is 10.5. The lowest BCUT2D eigenvalue weighted by molar-refractivity contribution is 0.455. The molecule has 0 bridgehead atoms. The maximum absolute atomic E-state index is 9.34. The quantitative estimate of drug-likeness (QED) is 0.635. The van der Waals surface area contributed by atoms with Crippen LogP contribution in [0.4, 0.5) is 11.6 Å². The SMILES string of the molecule is [2H]c1c(C#N)c([2H])c(C([2H])([2H])[2H])c(Oc2cc(Cl)nc(Nc3ccc(C#N)cc3)n2)c1C([2H])([2H])[2H]. The summed E-state index contributed by atoms with van der Waals surface area (Å²) in [7, 11) is 0. The van der Waals surface area contributed by atoms with E-state index in [1.54, 1.807) is 12.1 Å². The highest BCUT2D eigenvalue weighted by atomic mass is 35.5. The van der Waals surface area contributed by atoms with Crippen LogP contribution in [0.15, 0.2) is 42.4 Å². The van der Waals surface area contributed by atoms with E-state index >= 15 is 0 Å². The van der Waals surface area contributed by atoms with Crippen LogP contribution in [-0.2, 0) is 0 Å². The molecule has 0 aliphatic heterocycles. The van der Waals surface area contributed by atoms with Crippen LogP contribution in [0.3, 0.4) is 0 Å². The Morgan fingerprint density at radius 1 is 1.07 bits per heavy atom. The molecule has 132 valence electrons. The van der Waals surface area contributed by atoms with Gasteiger partial charge < -0.3 is 10.1 Å². The molecular formula is C20H14ClN5O. The van der Waals surface area contributed by atoms with E-state index in [1.807, 2.05) is 6.07 Å². The van der Waals surface area contributed by atoms with Crippen LogP contribution in [-0.4, -0.2) is 9.97 Å². The van der Waals surface area contributed by atoms with Gasteiger partial charge in [0.25, 0.3) is 0 Å². The zero-order chi connectivity index (χ0) is 26.1. The molecule has 0 saturated heterocycles. The first-order valence-corrected chi connectivity index (χ1v) is 7.72. The summed E-state index contributed by atoms with van der Waals surface area (Å²) < 4.78 is 68.8. The van der Waals surface area contributed by atoms with Gasteiger partial charge in [-0.05, 0) is 61.2 Å². The average molecular weight is 384 g/mol. The van der Waals surface area contributed by atoms with E-state index < -0.39 is 48.2 Å². The van der Waals surface area contributed by atoms with Crippen LogP contribution in [0.1, 0.15) is 33.2 Å². The average Bonchev–Trinajstić information content (AvgIpc) is 2.72. The highest BCUT2D eigenvalue weighted by Gasteiger charge is 2.11. The van der Waals surface area contributed by atoms with Crippen molar-refractivity contribution in [1.82, 2.24) is 9.97 Å². The molecule has 3 aromatic rings. The van der Waals surface area contributed by atoms with Crippen molar-refractivity contribution in [1.29, 1.82) is 10.5 Å². The van der Waals surface area contributed by atoms with Crippen LogP contribution in [0, 0.1) is 36.4 Å². The second kappa shape index (κ2) is 7.74. The predicted octanol–water partition coefficient (Wildman–Crippen LogP) is 5.03. The molecule has 27 heavy (non-hydrogen) atoms. The van der Waals surface area contributed by atoms with Gasteiger partial charge in [0, 0.05) is 20.0 Å². The molecule has 0 spiro atoms. The molecular weight excluding hydrogens is 362 g/mol. The van der Waals surface area contributed by atoms with E-state index in [-0.39, 0.29) is 17.0 Å². The van der Waals surface area contributed by atoms with Gasteiger partial charge in [0.2, 0.25) is 11.8 Å². The molecule has 2 aromatic carbocycles. The van der Waals surface area contributed by atoms with E-state index in [4.69, 9.17) is 32.6 Å². The third kappa shape index (κ3) is 4.33. The molecule has 1 N–H and O–H groups in total. The Kier molecular flexibility index (Phi) is 3.01. The fourth-order valence-corrected chi connectivity index (χ4v) is 2.22. The number of rotatable bonds is 4. The van der Waals surface area contributed by atoms with Gasteiger partial charge in [-0.2, -0.15) is 15.5 Å². The van der Waals surface area contributed by atoms with E-state index in [9.17, 15) is 5.26 Å². The van der Waals surface area contributed by atoms with Crippen LogP contribution in [0.25, 0.3) is 0 Å². The van der Waals surface area contributed by atoms with Crippen LogP contribution in [0.2, 0.25) is 5.15 Å². The van der Waals surface area contributed by atoms with Gasteiger partial charge in [0.05, 0.1) is 26.0 Å². The highest BCUT2D eigenvalue weighted by Crippen LogP contribution is 2.30. The van der Waals surface area contributed by atoms with Crippen molar-refractivity contribution in [3.63, 3.8) is 0 Å². The van der Waals surface area contributed by atoms with Crippen molar-refractivity contribution in [2.75, 3.05) is 5.32 Å². The number of anilines is 2. The molecule has 0 fully saturated rings. The number of hydrogen-bond acceptors (Lipinski definition) is 6. The largest absolute Gasteiger partial charge is 0.438 e. The zero-order valence-electron chi connectivity index (χ0n) is 21.5. The monoisotopic (exact) mass is 383 g/mol. The third-order valence-electron chi connectivity index (χ3n) is 3.21. The highest BCUT2D eigenvalue weighted by molar-refractivity contribution is 6.29. The summed E-state index contributed by atoms with van der Waals surface area (Å²) in [6.45, 7) is -6.13. The van der Waals surface area contributed by atoms with Crippen molar-refractivity contribution < 1.29 is 15.7 Å². The summed E-state index contributed by atoms with van der Waals surface area (Å²) in [4.78, 5) is 8.04. The number of hydrogen-bond donors (Lipinski definition) is 1. The maximum atomic E-state index is 9.34. The molecule has 0 atom stereocenters. The van der Waals surface area contributed by atoms with E-state index in [2.05, 4.69) is 15.3 Å². The second-order valence-electron chi connectivity index (χ2n) is 5.08. The lowest BCUT2D eigenvalue weighted by atomic mass is 10.1. The Morgan fingerprint density at radius 2 is 1.74 bits per heavy atom. The van der Waals surface area contributed by atoms with Gasteiger partial charge in [0.15, 0.2) is 0 Å². The molecule has 7 heteroatoms. The minimum Gasteiger partial charge on any atom is -0.438 e. The van der Waals surface area contributed by atoms with Crippen molar-refractivity contribution in [2.45, 2.75) is 13.7 Å². The molecule has 1 aromatic heterocycles. The number of nitrogens with zero attached hydrogens (tertiary/aromatic N) is 4. The number of ether oxygens (including phenoxy) is 1. The predicted molar refractivity (Wildman–Crippen MR) is 102 cm³/mol. The number of aromatic nitrogens is 2. The van der Waals surface area contributed by atoms with Crippen LogP contribution >= 0.6 is 11.6 Å². The van der Waals surface area contributed by atoms with Gasteiger partial charge in [-0.3, -0.25) is 0 Å².